The van der Waals surface area contributed by atoms with Crippen molar-refractivity contribution in [2.45, 2.75) is 19.4 Å². The fourth-order valence-electron chi connectivity index (χ4n) is 1.05. The second-order valence-corrected chi connectivity index (χ2v) is 5.19. The number of hydrogen-bond acceptors (Lipinski definition) is 5. The zero-order valence-electron chi connectivity index (χ0n) is 8.70. The Balaban J connectivity index is 2.63. The molecule has 0 bridgehead atoms. The molecule has 0 spiro atoms. The summed E-state index contributed by atoms with van der Waals surface area (Å²) in [5.41, 5.74) is -0.440. The van der Waals surface area contributed by atoms with Gasteiger partial charge in [-0.1, -0.05) is 11.3 Å². The molecule has 15 heavy (non-hydrogen) atoms. The lowest BCUT2D eigenvalue weighted by Crippen LogP contribution is -2.46. The van der Waals surface area contributed by atoms with Gasteiger partial charge in [-0.15, -0.1) is 10.2 Å². The van der Waals surface area contributed by atoms with Crippen LogP contribution in [0.5, 0.6) is 0 Å². The summed E-state index contributed by atoms with van der Waals surface area (Å²) in [7, 11) is 1.58. The van der Waals surface area contributed by atoms with Crippen LogP contribution in [0, 0.1) is 0 Å². The Labute approximate surface area is 96.8 Å². The summed E-state index contributed by atoms with van der Waals surface area (Å²) in [6.07, 6.45) is 0. The molecule has 0 saturated heterocycles. The topological polar surface area (TPSA) is 64.1 Å². The van der Waals surface area contributed by atoms with Crippen molar-refractivity contribution in [3.63, 3.8) is 0 Å². The maximum absolute atomic E-state index is 11.6. The van der Waals surface area contributed by atoms with Gasteiger partial charge >= 0.3 is 0 Å². The fourth-order valence-corrected chi connectivity index (χ4v) is 1.78. The molecule has 1 N–H and O–H groups in total. The molecule has 1 aromatic heterocycles. The lowest BCUT2D eigenvalue weighted by molar-refractivity contribution is 0.0819. The first kappa shape index (κ1) is 12.4. The van der Waals surface area contributed by atoms with Crippen LogP contribution in [0.15, 0.2) is 0 Å². The van der Waals surface area contributed by atoms with Crippen molar-refractivity contribution in [1.82, 2.24) is 15.5 Å². The highest BCUT2D eigenvalue weighted by atomic mass is 35.5. The number of carbonyl (C=O) groups excluding carboxylic acids is 1. The lowest BCUT2D eigenvalue weighted by atomic mass is 10.1. The van der Waals surface area contributed by atoms with Gasteiger partial charge in [0, 0.05) is 7.11 Å². The molecule has 0 aliphatic heterocycles. The normalized spacial score (nSPS) is 11.5. The van der Waals surface area contributed by atoms with E-state index >= 15 is 0 Å². The highest BCUT2D eigenvalue weighted by molar-refractivity contribution is 7.17. The minimum atomic E-state index is -0.440. The number of ether oxygens (including phenoxy) is 1. The number of nitrogens with zero attached hydrogens (tertiary/aromatic N) is 2. The summed E-state index contributed by atoms with van der Waals surface area (Å²) in [5, 5.41) is 10.2. The molecule has 1 amide bonds. The van der Waals surface area contributed by atoms with Crippen LogP contribution in [0.4, 0.5) is 0 Å². The van der Waals surface area contributed by atoms with E-state index in [2.05, 4.69) is 15.5 Å². The van der Waals surface area contributed by atoms with Crippen molar-refractivity contribution in [2.75, 3.05) is 13.7 Å². The van der Waals surface area contributed by atoms with E-state index in [0.717, 1.165) is 11.3 Å². The minimum Gasteiger partial charge on any atom is -0.382 e. The smallest absolute Gasteiger partial charge is 0.282 e. The van der Waals surface area contributed by atoms with E-state index in [-0.39, 0.29) is 15.4 Å². The van der Waals surface area contributed by atoms with Crippen LogP contribution in [-0.4, -0.2) is 35.4 Å². The Kier molecular flexibility index (Phi) is 4.01. The Morgan fingerprint density at radius 1 is 1.60 bits per heavy atom. The molecule has 0 radical (unpaired) electrons. The van der Waals surface area contributed by atoms with Crippen molar-refractivity contribution >= 4 is 28.8 Å². The van der Waals surface area contributed by atoms with Gasteiger partial charge in [-0.2, -0.15) is 0 Å². The van der Waals surface area contributed by atoms with Crippen LogP contribution in [0.2, 0.25) is 4.47 Å². The molecule has 0 unspecified atom stereocenters. The predicted molar refractivity (Wildman–Crippen MR) is 58.3 cm³/mol. The number of hydrogen-bond donors (Lipinski definition) is 1. The molecule has 1 heterocycles. The summed E-state index contributed by atoms with van der Waals surface area (Å²) < 4.78 is 5.23. The van der Waals surface area contributed by atoms with E-state index in [4.69, 9.17) is 16.3 Å². The van der Waals surface area contributed by atoms with Gasteiger partial charge < -0.3 is 10.1 Å². The Hall–Kier alpha value is -0.720. The number of nitrogens with one attached hydrogen (secondary N) is 1. The van der Waals surface area contributed by atoms with Crippen LogP contribution in [0.1, 0.15) is 23.6 Å². The zero-order chi connectivity index (χ0) is 11.5. The molecular weight excluding hydrogens is 238 g/mol. The molecule has 5 nitrogen and oxygen atoms in total. The molecule has 1 rings (SSSR count). The molecule has 84 valence electrons. The Morgan fingerprint density at radius 2 is 2.27 bits per heavy atom. The molecule has 0 saturated carbocycles. The van der Waals surface area contributed by atoms with E-state index in [1.54, 1.807) is 7.11 Å². The highest BCUT2D eigenvalue weighted by Crippen LogP contribution is 2.15. The molecule has 0 fully saturated rings. The van der Waals surface area contributed by atoms with Crippen LogP contribution in [0.25, 0.3) is 0 Å². The summed E-state index contributed by atoms with van der Waals surface area (Å²) in [5.74, 6) is -0.290. The Morgan fingerprint density at radius 3 is 2.73 bits per heavy atom. The van der Waals surface area contributed by atoms with E-state index in [1.807, 2.05) is 13.8 Å². The number of halogens is 1. The number of rotatable bonds is 4. The van der Waals surface area contributed by atoms with Gasteiger partial charge in [0.25, 0.3) is 5.91 Å². The monoisotopic (exact) mass is 249 g/mol. The van der Waals surface area contributed by atoms with E-state index in [9.17, 15) is 4.79 Å². The largest absolute Gasteiger partial charge is 0.382 e. The third-order valence-corrected chi connectivity index (χ3v) is 2.57. The molecule has 0 aliphatic rings. The maximum atomic E-state index is 11.6. The molecule has 0 aliphatic carbocycles. The first-order valence-corrected chi connectivity index (χ1v) is 5.44. The molecule has 1 aromatic rings. The molecule has 0 aromatic carbocycles. The summed E-state index contributed by atoms with van der Waals surface area (Å²) in [4.78, 5) is 11.6. The van der Waals surface area contributed by atoms with Gasteiger partial charge in [0.15, 0.2) is 0 Å². The maximum Gasteiger partial charge on any atom is 0.282 e. The SMILES string of the molecule is COCC(C)(C)NC(=O)c1nnc(Cl)s1. The molecular formula is C8H12ClN3O2S. The summed E-state index contributed by atoms with van der Waals surface area (Å²) >= 11 is 6.62. The van der Waals surface area contributed by atoms with Crippen molar-refractivity contribution < 1.29 is 9.53 Å². The highest BCUT2D eigenvalue weighted by Gasteiger charge is 2.23. The third kappa shape index (κ3) is 3.73. The van der Waals surface area contributed by atoms with Crippen molar-refractivity contribution in [2.24, 2.45) is 0 Å². The number of aromatic nitrogens is 2. The molecule has 7 heteroatoms. The third-order valence-electron chi connectivity index (χ3n) is 1.55. The first-order chi connectivity index (χ1) is 6.94. The van der Waals surface area contributed by atoms with Crippen molar-refractivity contribution in [3.8, 4) is 0 Å². The standard InChI is InChI=1S/C8H12ClN3O2S/c1-8(2,4-14-3)10-5(13)6-11-12-7(9)15-6/h4H2,1-3H3,(H,10,13). The Bertz CT molecular complexity index is 353. The number of amides is 1. The quantitative estimate of drug-likeness (QED) is 0.875. The van der Waals surface area contributed by atoms with Crippen molar-refractivity contribution in [1.29, 1.82) is 0 Å². The number of methoxy groups -OCH3 is 1. The van der Waals surface area contributed by atoms with Gasteiger partial charge in [-0.3, -0.25) is 4.79 Å². The lowest BCUT2D eigenvalue weighted by Gasteiger charge is -2.24. The van der Waals surface area contributed by atoms with Crippen LogP contribution in [0.3, 0.4) is 0 Å². The van der Waals surface area contributed by atoms with Gasteiger partial charge in [0.1, 0.15) is 0 Å². The van der Waals surface area contributed by atoms with Gasteiger partial charge in [-0.05, 0) is 25.4 Å². The van der Waals surface area contributed by atoms with Crippen molar-refractivity contribution in [3.05, 3.63) is 9.47 Å². The first-order valence-electron chi connectivity index (χ1n) is 4.25. The predicted octanol–water partition coefficient (Wildman–Crippen LogP) is 1.35. The number of carbonyl (C=O) groups is 1. The van der Waals surface area contributed by atoms with Gasteiger partial charge in [0.05, 0.1) is 12.1 Å². The zero-order valence-corrected chi connectivity index (χ0v) is 10.3. The fraction of sp³-hybridized carbons (Fsp3) is 0.625. The summed E-state index contributed by atoms with van der Waals surface area (Å²) in [6.45, 7) is 4.14. The summed E-state index contributed by atoms with van der Waals surface area (Å²) in [6, 6.07) is 0. The van der Waals surface area contributed by atoms with Crippen LogP contribution in [-0.2, 0) is 4.74 Å². The van der Waals surface area contributed by atoms with Gasteiger partial charge in [-0.25, -0.2) is 0 Å². The van der Waals surface area contributed by atoms with Crippen LogP contribution >= 0.6 is 22.9 Å². The average molecular weight is 250 g/mol. The minimum absolute atomic E-state index is 0.254. The second kappa shape index (κ2) is 4.87. The van der Waals surface area contributed by atoms with E-state index in [1.165, 1.54) is 0 Å². The van der Waals surface area contributed by atoms with Gasteiger partial charge in [0.2, 0.25) is 9.47 Å². The van der Waals surface area contributed by atoms with E-state index < -0.39 is 5.54 Å². The second-order valence-electron chi connectivity index (χ2n) is 3.63. The van der Waals surface area contributed by atoms with Crippen LogP contribution < -0.4 is 5.32 Å². The average Bonchev–Trinajstić information content (AvgIpc) is 2.50. The van der Waals surface area contributed by atoms with E-state index in [0.29, 0.717) is 6.61 Å². The molecule has 0 atom stereocenters.